The largest absolute Gasteiger partial charge is 0.487 e. The highest BCUT2D eigenvalue weighted by atomic mass is 35.5. The zero-order valence-corrected chi connectivity index (χ0v) is 9.54. The quantitative estimate of drug-likeness (QED) is 0.578. The molecule has 0 radical (unpaired) electrons. The summed E-state index contributed by atoms with van der Waals surface area (Å²) in [7, 11) is 0. The predicted octanol–water partition coefficient (Wildman–Crippen LogP) is 3.50. The first-order chi connectivity index (χ1) is 7.15. The fourth-order valence-electron chi connectivity index (χ4n) is 1.06. The van der Waals surface area contributed by atoms with Crippen LogP contribution < -0.4 is 4.74 Å². The van der Waals surface area contributed by atoms with Crippen molar-refractivity contribution in [2.45, 2.75) is 13.8 Å². The SMILES string of the molecule is CC(C)=CCOc1c(Cl)cccc1C=O. The molecule has 0 aliphatic carbocycles. The van der Waals surface area contributed by atoms with Gasteiger partial charge < -0.3 is 4.74 Å². The molecule has 0 aliphatic heterocycles. The van der Waals surface area contributed by atoms with Gasteiger partial charge in [-0.05, 0) is 32.1 Å². The molecular weight excluding hydrogens is 212 g/mol. The molecule has 15 heavy (non-hydrogen) atoms. The van der Waals surface area contributed by atoms with Gasteiger partial charge in [-0.15, -0.1) is 0 Å². The van der Waals surface area contributed by atoms with Gasteiger partial charge in [0.1, 0.15) is 12.4 Å². The van der Waals surface area contributed by atoms with E-state index in [1.807, 2.05) is 19.9 Å². The summed E-state index contributed by atoms with van der Waals surface area (Å²) in [5, 5.41) is 0.460. The van der Waals surface area contributed by atoms with Crippen molar-refractivity contribution in [3.63, 3.8) is 0 Å². The third-order valence-electron chi connectivity index (χ3n) is 1.84. The third-order valence-corrected chi connectivity index (χ3v) is 2.14. The maximum Gasteiger partial charge on any atom is 0.153 e. The average molecular weight is 225 g/mol. The summed E-state index contributed by atoms with van der Waals surface area (Å²) in [5.74, 6) is 0.451. The lowest BCUT2D eigenvalue weighted by Gasteiger charge is -2.07. The van der Waals surface area contributed by atoms with Crippen LogP contribution in [0.1, 0.15) is 24.2 Å². The van der Waals surface area contributed by atoms with Gasteiger partial charge in [0.2, 0.25) is 0 Å². The number of allylic oxidation sites excluding steroid dienone is 1. The predicted molar refractivity (Wildman–Crippen MR) is 61.8 cm³/mol. The maximum atomic E-state index is 10.7. The summed E-state index contributed by atoms with van der Waals surface area (Å²) in [4.78, 5) is 10.7. The molecule has 0 aliphatic rings. The van der Waals surface area contributed by atoms with E-state index in [0.717, 1.165) is 11.9 Å². The van der Waals surface area contributed by atoms with Crippen LogP contribution in [0.3, 0.4) is 0 Å². The number of para-hydroxylation sites is 1. The fourth-order valence-corrected chi connectivity index (χ4v) is 1.30. The van der Waals surface area contributed by atoms with Gasteiger partial charge in [0.15, 0.2) is 6.29 Å². The van der Waals surface area contributed by atoms with Crippen LogP contribution in [-0.4, -0.2) is 12.9 Å². The minimum absolute atomic E-state index is 0.424. The van der Waals surface area contributed by atoms with Gasteiger partial charge in [0, 0.05) is 0 Å². The first kappa shape index (κ1) is 11.8. The number of ether oxygens (including phenoxy) is 1. The van der Waals surface area contributed by atoms with E-state index < -0.39 is 0 Å². The van der Waals surface area contributed by atoms with Crippen LogP contribution in [0.5, 0.6) is 5.75 Å². The molecule has 0 atom stereocenters. The molecule has 0 N–H and O–H groups in total. The molecule has 0 amide bonds. The number of aldehydes is 1. The lowest BCUT2D eigenvalue weighted by molar-refractivity contribution is 0.112. The van der Waals surface area contributed by atoms with E-state index in [4.69, 9.17) is 16.3 Å². The van der Waals surface area contributed by atoms with Crippen molar-refractivity contribution in [2.24, 2.45) is 0 Å². The van der Waals surface area contributed by atoms with Crippen LogP contribution in [0.25, 0.3) is 0 Å². The lowest BCUT2D eigenvalue weighted by atomic mass is 10.2. The molecule has 0 spiro atoms. The van der Waals surface area contributed by atoms with Crippen LogP contribution in [-0.2, 0) is 0 Å². The van der Waals surface area contributed by atoms with Gasteiger partial charge >= 0.3 is 0 Å². The second kappa shape index (κ2) is 5.56. The van der Waals surface area contributed by atoms with Gasteiger partial charge in [-0.2, -0.15) is 0 Å². The number of halogens is 1. The summed E-state index contributed by atoms with van der Waals surface area (Å²) in [6.07, 6.45) is 2.67. The first-order valence-electron chi connectivity index (χ1n) is 4.65. The van der Waals surface area contributed by atoms with Gasteiger partial charge in [-0.3, -0.25) is 4.79 Å². The van der Waals surface area contributed by atoms with Crippen LogP contribution in [0.15, 0.2) is 29.8 Å². The monoisotopic (exact) mass is 224 g/mol. The highest BCUT2D eigenvalue weighted by molar-refractivity contribution is 6.32. The molecule has 1 rings (SSSR count). The van der Waals surface area contributed by atoms with Gasteiger partial charge in [-0.1, -0.05) is 23.2 Å². The Hall–Kier alpha value is -1.28. The molecule has 0 unspecified atom stereocenters. The van der Waals surface area contributed by atoms with Crippen molar-refractivity contribution in [2.75, 3.05) is 6.61 Å². The molecule has 0 fully saturated rings. The van der Waals surface area contributed by atoms with E-state index in [2.05, 4.69) is 0 Å². The molecule has 0 saturated carbocycles. The van der Waals surface area contributed by atoms with Gasteiger partial charge in [-0.25, -0.2) is 0 Å². The molecule has 0 saturated heterocycles. The minimum atomic E-state index is 0.424. The van der Waals surface area contributed by atoms with E-state index in [1.165, 1.54) is 0 Å². The summed E-state index contributed by atoms with van der Waals surface area (Å²) in [6.45, 7) is 4.39. The zero-order chi connectivity index (χ0) is 11.3. The van der Waals surface area contributed by atoms with Crippen LogP contribution >= 0.6 is 11.6 Å². The molecule has 80 valence electrons. The van der Waals surface area contributed by atoms with Gasteiger partial charge in [0.25, 0.3) is 0 Å². The Morgan fingerprint density at radius 1 is 1.47 bits per heavy atom. The summed E-state index contributed by atoms with van der Waals surface area (Å²) < 4.78 is 5.43. The molecular formula is C12H13ClO2. The Morgan fingerprint density at radius 2 is 2.20 bits per heavy atom. The van der Waals surface area contributed by atoms with Gasteiger partial charge in [0.05, 0.1) is 10.6 Å². The third kappa shape index (κ3) is 3.40. The van der Waals surface area contributed by atoms with E-state index in [1.54, 1.807) is 18.2 Å². The number of rotatable bonds is 4. The Morgan fingerprint density at radius 3 is 2.80 bits per heavy atom. The zero-order valence-electron chi connectivity index (χ0n) is 8.79. The highest BCUT2D eigenvalue weighted by Gasteiger charge is 2.06. The summed E-state index contributed by atoms with van der Waals surface area (Å²) in [5.41, 5.74) is 1.64. The second-order valence-corrected chi connectivity index (χ2v) is 3.78. The number of carbonyl (C=O) groups excluding carboxylic acids is 1. The van der Waals surface area contributed by atoms with Crippen molar-refractivity contribution in [1.82, 2.24) is 0 Å². The maximum absolute atomic E-state index is 10.7. The number of hydrogen-bond acceptors (Lipinski definition) is 2. The molecule has 2 nitrogen and oxygen atoms in total. The van der Waals surface area contributed by atoms with E-state index in [-0.39, 0.29) is 0 Å². The molecule has 3 heteroatoms. The van der Waals surface area contributed by atoms with Crippen molar-refractivity contribution in [3.05, 3.63) is 40.4 Å². The number of benzene rings is 1. The Balaban J connectivity index is 2.83. The minimum Gasteiger partial charge on any atom is -0.487 e. The average Bonchev–Trinajstić information content (AvgIpc) is 2.20. The van der Waals surface area contributed by atoms with Crippen molar-refractivity contribution >= 4 is 17.9 Å². The van der Waals surface area contributed by atoms with Crippen LogP contribution in [0, 0.1) is 0 Å². The lowest BCUT2D eigenvalue weighted by Crippen LogP contribution is -1.98. The standard InChI is InChI=1S/C12H13ClO2/c1-9(2)6-7-15-12-10(8-14)4-3-5-11(12)13/h3-6,8H,7H2,1-2H3. The molecule has 0 aromatic heterocycles. The topological polar surface area (TPSA) is 26.3 Å². The smallest absolute Gasteiger partial charge is 0.153 e. The number of carbonyl (C=O) groups is 1. The van der Waals surface area contributed by atoms with Crippen molar-refractivity contribution in [1.29, 1.82) is 0 Å². The van der Waals surface area contributed by atoms with Crippen LogP contribution in [0.4, 0.5) is 0 Å². The Bertz CT molecular complexity index is 379. The highest BCUT2D eigenvalue weighted by Crippen LogP contribution is 2.27. The Labute approximate surface area is 94.5 Å². The molecule has 0 bridgehead atoms. The van der Waals surface area contributed by atoms with E-state index in [9.17, 15) is 4.79 Å². The molecule has 1 aromatic rings. The summed E-state index contributed by atoms with van der Waals surface area (Å²) >= 11 is 5.92. The molecule has 1 aromatic carbocycles. The van der Waals surface area contributed by atoms with Crippen molar-refractivity contribution < 1.29 is 9.53 Å². The summed E-state index contributed by atoms with van der Waals surface area (Å²) in [6, 6.07) is 5.10. The van der Waals surface area contributed by atoms with Crippen LogP contribution in [0.2, 0.25) is 5.02 Å². The molecule has 0 heterocycles. The fraction of sp³-hybridized carbons (Fsp3) is 0.250. The number of hydrogen-bond donors (Lipinski definition) is 0. The van der Waals surface area contributed by atoms with Crippen molar-refractivity contribution in [3.8, 4) is 5.75 Å². The van der Waals surface area contributed by atoms with E-state index in [0.29, 0.717) is 22.9 Å². The normalized spacial score (nSPS) is 9.53. The first-order valence-corrected chi connectivity index (χ1v) is 5.03. The second-order valence-electron chi connectivity index (χ2n) is 3.37. The van der Waals surface area contributed by atoms with E-state index >= 15 is 0 Å². The Kier molecular flexibility index (Phi) is 4.37.